The molecule has 0 bridgehead atoms. The van der Waals surface area contributed by atoms with Crippen molar-refractivity contribution in [2.75, 3.05) is 20.2 Å². The van der Waals surface area contributed by atoms with Crippen molar-refractivity contribution in [3.8, 4) is 0 Å². The highest BCUT2D eigenvalue weighted by Crippen LogP contribution is 2.24. The van der Waals surface area contributed by atoms with Crippen LogP contribution in [0, 0.1) is 11.3 Å². The lowest BCUT2D eigenvalue weighted by molar-refractivity contribution is -0.141. The number of piperidine rings is 1. The van der Waals surface area contributed by atoms with E-state index in [0.717, 1.165) is 25.8 Å². The number of amides is 2. The second-order valence-corrected chi connectivity index (χ2v) is 9.56. The molecule has 30 heavy (non-hydrogen) atoms. The zero-order chi connectivity index (χ0) is 23.1. The van der Waals surface area contributed by atoms with E-state index in [2.05, 4.69) is 10.6 Å². The van der Waals surface area contributed by atoms with Gasteiger partial charge in [-0.3, -0.25) is 9.59 Å². The fourth-order valence-corrected chi connectivity index (χ4v) is 3.64. The Hall–Kier alpha value is -1.89. The number of hydrogen-bond acceptors (Lipinski definition) is 5. The van der Waals surface area contributed by atoms with Crippen molar-refractivity contribution in [1.29, 1.82) is 0 Å². The monoisotopic (exact) mass is 423 g/mol. The minimum Gasteiger partial charge on any atom is -0.463 e. The van der Waals surface area contributed by atoms with Crippen LogP contribution in [0.15, 0.2) is 11.6 Å². The Labute approximate surface area is 182 Å². The molecule has 1 aliphatic rings. The first-order valence-corrected chi connectivity index (χ1v) is 11.1. The van der Waals surface area contributed by atoms with Crippen molar-refractivity contribution < 1.29 is 19.1 Å². The van der Waals surface area contributed by atoms with Crippen LogP contribution in [0.2, 0.25) is 0 Å². The molecule has 172 valence electrons. The van der Waals surface area contributed by atoms with E-state index in [1.54, 1.807) is 31.9 Å². The number of likely N-dealkylation sites (N-methyl/N-ethyl adjacent to an activating group) is 1. The molecule has 7 heteroatoms. The van der Waals surface area contributed by atoms with Crippen LogP contribution in [-0.4, -0.2) is 61.0 Å². The Kier molecular flexibility index (Phi) is 10.0. The van der Waals surface area contributed by atoms with Crippen molar-refractivity contribution in [2.24, 2.45) is 11.3 Å². The summed E-state index contributed by atoms with van der Waals surface area (Å²) in [6, 6.07) is -1.22. The van der Waals surface area contributed by atoms with Gasteiger partial charge in [-0.1, -0.05) is 47.1 Å². The highest BCUT2D eigenvalue weighted by Gasteiger charge is 2.38. The van der Waals surface area contributed by atoms with Gasteiger partial charge in [0.1, 0.15) is 6.04 Å². The van der Waals surface area contributed by atoms with E-state index in [1.807, 2.05) is 34.6 Å². The first kappa shape index (κ1) is 26.1. The fraction of sp³-hybridized carbons (Fsp3) is 0.783. The molecule has 3 atom stereocenters. The standard InChI is InChI=1S/C23H41N3O4/c1-9-30-22(29)16(4)14-18(15(2)3)26(8)21(28)19(23(5,6)7)25-20(27)17-12-10-11-13-24-17/h14-15,17-19,24H,9-13H2,1-8H3,(H,25,27)/t17-,18+,19+/m0/s1. The maximum absolute atomic E-state index is 13.5. The van der Waals surface area contributed by atoms with Crippen molar-refractivity contribution in [3.05, 3.63) is 11.6 Å². The van der Waals surface area contributed by atoms with E-state index < -0.39 is 11.5 Å². The summed E-state index contributed by atoms with van der Waals surface area (Å²) in [4.78, 5) is 40.0. The summed E-state index contributed by atoms with van der Waals surface area (Å²) in [5.41, 5.74) is 0.00911. The molecule has 1 aliphatic heterocycles. The van der Waals surface area contributed by atoms with Crippen LogP contribution < -0.4 is 10.6 Å². The first-order chi connectivity index (χ1) is 13.9. The Morgan fingerprint density at radius 2 is 1.87 bits per heavy atom. The number of nitrogens with one attached hydrogen (secondary N) is 2. The zero-order valence-electron chi connectivity index (χ0n) is 20.0. The Morgan fingerprint density at radius 1 is 1.23 bits per heavy atom. The van der Waals surface area contributed by atoms with E-state index in [1.165, 1.54) is 0 Å². The number of hydrogen-bond donors (Lipinski definition) is 2. The summed E-state index contributed by atoms with van der Waals surface area (Å²) in [5.74, 6) is -0.596. The molecule has 0 unspecified atom stereocenters. The van der Waals surface area contributed by atoms with Gasteiger partial charge in [0, 0.05) is 12.6 Å². The third kappa shape index (κ3) is 7.42. The molecule has 0 aromatic rings. The number of rotatable bonds is 8. The predicted molar refractivity (Wildman–Crippen MR) is 119 cm³/mol. The van der Waals surface area contributed by atoms with Crippen molar-refractivity contribution in [3.63, 3.8) is 0 Å². The molecule has 0 aliphatic carbocycles. The quantitative estimate of drug-likeness (QED) is 0.463. The average Bonchev–Trinajstić information content (AvgIpc) is 2.68. The molecule has 1 saturated heterocycles. The van der Waals surface area contributed by atoms with Gasteiger partial charge in [-0.05, 0) is 44.6 Å². The minimum absolute atomic E-state index is 0.0830. The fourth-order valence-electron chi connectivity index (χ4n) is 3.64. The molecular formula is C23H41N3O4. The molecule has 2 N–H and O–H groups in total. The second kappa shape index (κ2) is 11.5. The lowest BCUT2D eigenvalue weighted by atomic mass is 9.84. The highest BCUT2D eigenvalue weighted by molar-refractivity contribution is 5.91. The van der Waals surface area contributed by atoms with Gasteiger partial charge in [0.25, 0.3) is 0 Å². The van der Waals surface area contributed by atoms with Gasteiger partial charge in [-0.15, -0.1) is 0 Å². The average molecular weight is 424 g/mol. The molecule has 0 aromatic carbocycles. The first-order valence-electron chi connectivity index (χ1n) is 11.1. The molecule has 0 saturated carbocycles. The van der Waals surface area contributed by atoms with E-state index in [-0.39, 0.29) is 35.8 Å². The zero-order valence-corrected chi connectivity index (χ0v) is 20.0. The second-order valence-electron chi connectivity index (χ2n) is 9.56. The highest BCUT2D eigenvalue weighted by atomic mass is 16.5. The lowest BCUT2D eigenvalue weighted by Gasteiger charge is -2.38. The summed E-state index contributed by atoms with van der Waals surface area (Å²) < 4.78 is 5.07. The summed E-state index contributed by atoms with van der Waals surface area (Å²) in [6.07, 6.45) is 4.64. The van der Waals surface area contributed by atoms with Crippen molar-refractivity contribution in [1.82, 2.24) is 15.5 Å². The van der Waals surface area contributed by atoms with Crippen LogP contribution in [0.25, 0.3) is 0 Å². The van der Waals surface area contributed by atoms with E-state index in [0.29, 0.717) is 12.2 Å². The smallest absolute Gasteiger partial charge is 0.333 e. The topological polar surface area (TPSA) is 87.7 Å². The van der Waals surface area contributed by atoms with Crippen molar-refractivity contribution >= 4 is 17.8 Å². The summed E-state index contributed by atoms with van der Waals surface area (Å²) in [7, 11) is 1.73. The normalized spacial score (nSPS) is 19.8. The third-order valence-electron chi connectivity index (χ3n) is 5.52. The SMILES string of the molecule is CCOC(=O)C(C)=C[C@H](C(C)C)N(C)C(=O)[C@@H](NC(=O)[C@@H]1CCCCN1)C(C)(C)C. The Bertz CT molecular complexity index is 631. The van der Waals surface area contributed by atoms with Crippen LogP contribution in [0.4, 0.5) is 0 Å². The number of esters is 1. The lowest BCUT2D eigenvalue weighted by Crippen LogP contribution is -2.59. The van der Waals surface area contributed by atoms with Crippen LogP contribution >= 0.6 is 0 Å². The van der Waals surface area contributed by atoms with Crippen LogP contribution in [0.5, 0.6) is 0 Å². The Balaban J connectivity index is 3.06. The van der Waals surface area contributed by atoms with Gasteiger partial charge in [0.2, 0.25) is 11.8 Å². The van der Waals surface area contributed by atoms with Gasteiger partial charge in [-0.2, -0.15) is 0 Å². The molecule has 1 rings (SSSR count). The summed E-state index contributed by atoms with van der Waals surface area (Å²) >= 11 is 0. The predicted octanol–water partition coefficient (Wildman–Crippen LogP) is 2.65. The minimum atomic E-state index is -0.670. The summed E-state index contributed by atoms with van der Waals surface area (Å²) in [6.45, 7) is 14.4. The Morgan fingerprint density at radius 3 is 2.33 bits per heavy atom. The van der Waals surface area contributed by atoms with Gasteiger partial charge >= 0.3 is 5.97 Å². The van der Waals surface area contributed by atoms with Crippen LogP contribution in [-0.2, 0) is 19.1 Å². The third-order valence-corrected chi connectivity index (χ3v) is 5.52. The molecule has 1 fully saturated rings. The molecule has 0 spiro atoms. The molecule has 1 heterocycles. The molecule has 0 radical (unpaired) electrons. The maximum Gasteiger partial charge on any atom is 0.333 e. The molecule has 0 aromatic heterocycles. The number of carbonyl (C=O) groups excluding carboxylic acids is 3. The van der Waals surface area contributed by atoms with Gasteiger partial charge in [-0.25, -0.2) is 4.79 Å². The number of nitrogens with zero attached hydrogens (tertiary/aromatic N) is 1. The molecule has 2 amide bonds. The number of ether oxygens (including phenoxy) is 1. The molecule has 7 nitrogen and oxygen atoms in total. The van der Waals surface area contributed by atoms with Crippen molar-refractivity contribution in [2.45, 2.75) is 85.9 Å². The summed E-state index contributed by atoms with van der Waals surface area (Å²) in [5, 5.41) is 6.23. The largest absolute Gasteiger partial charge is 0.463 e. The van der Waals surface area contributed by atoms with Crippen LogP contribution in [0.3, 0.4) is 0 Å². The van der Waals surface area contributed by atoms with Crippen LogP contribution in [0.1, 0.15) is 67.7 Å². The van der Waals surface area contributed by atoms with Gasteiger partial charge in [0.15, 0.2) is 0 Å². The van der Waals surface area contributed by atoms with Gasteiger partial charge in [0.05, 0.1) is 18.7 Å². The van der Waals surface area contributed by atoms with Gasteiger partial charge < -0.3 is 20.3 Å². The van der Waals surface area contributed by atoms with E-state index in [4.69, 9.17) is 4.74 Å². The van der Waals surface area contributed by atoms with E-state index >= 15 is 0 Å². The van der Waals surface area contributed by atoms with E-state index in [9.17, 15) is 14.4 Å². The maximum atomic E-state index is 13.5. The molecular weight excluding hydrogens is 382 g/mol. The number of carbonyl (C=O) groups is 3.